The van der Waals surface area contributed by atoms with Crippen LogP contribution in [0.3, 0.4) is 0 Å². The monoisotopic (exact) mass is 585 g/mol. The molecule has 6 atom stereocenters. The summed E-state index contributed by atoms with van der Waals surface area (Å²) < 4.78 is -0.913. The minimum Gasteiger partial charge on any atom is -0.394 e. The highest BCUT2D eigenvalue weighted by Gasteiger charge is 2.72. The van der Waals surface area contributed by atoms with Gasteiger partial charge in [0.1, 0.15) is 6.04 Å². The van der Waals surface area contributed by atoms with E-state index in [0.29, 0.717) is 26.1 Å². The molecule has 2 aromatic carbocycles. The molecule has 4 aliphatic rings. The number of hydrogen-bond acceptors (Lipinski definition) is 5. The van der Waals surface area contributed by atoms with Crippen LogP contribution in [-0.2, 0) is 27.3 Å². The molecule has 0 bridgehead atoms. The highest BCUT2D eigenvalue weighted by atomic mass is 32.2. The van der Waals surface area contributed by atoms with E-state index in [-0.39, 0.29) is 29.6 Å². The summed E-state index contributed by atoms with van der Waals surface area (Å²) in [5.41, 5.74) is 1.54. The Labute approximate surface area is 252 Å². The largest absolute Gasteiger partial charge is 0.394 e. The number of aliphatic hydroxyl groups is 1. The lowest BCUT2D eigenvalue weighted by molar-refractivity contribution is -0.148. The van der Waals surface area contributed by atoms with Crippen LogP contribution in [0, 0.1) is 11.8 Å². The zero-order valence-corrected chi connectivity index (χ0v) is 25.2. The van der Waals surface area contributed by atoms with Crippen LogP contribution in [0.4, 0.5) is 0 Å². The van der Waals surface area contributed by atoms with Gasteiger partial charge in [-0.1, -0.05) is 85.0 Å². The summed E-state index contributed by atoms with van der Waals surface area (Å²) in [6.45, 7) is 7.09. The number of nitrogens with zero attached hydrogens (tertiary/aromatic N) is 3. The molecule has 0 aliphatic carbocycles. The van der Waals surface area contributed by atoms with Crippen molar-refractivity contribution in [3.63, 3.8) is 0 Å². The maximum Gasteiger partial charge on any atom is 0.247 e. The Bertz CT molecular complexity index is 1400. The van der Waals surface area contributed by atoms with Gasteiger partial charge in [0.15, 0.2) is 0 Å². The molecular formula is C34H39N3O4S. The standard InChI is InChI=1S/C34H39N3O4S/c1-33(2,3)36-19-11-17-34-28(27-26(42-34)16-10-18-35(30(27)39)21-24-14-8-5-9-15-24)31(40)37(29(34)32(36)41)25(22-38)20-23-12-6-4-7-13-23/h4-17,25-29,38H,18-22H2,1-3H3/t25-,26+,27-,28+,29?,34+/m1/s1. The quantitative estimate of drug-likeness (QED) is 0.524. The van der Waals surface area contributed by atoms with Crippen molar-refractivity contribution in [2.45, 2.75) is 61.4 Å². The van der Waals surface area contributed by atoms with Crippen LogP contribution in [0.15, 0.2) is 85.0 Å². The molecule has 1 unspecified atom stereocenters. The number of amides is 3. The van der Waals surface area contributed by atoms with Gasteiger partial charge in [-0.05, 0) is 38.3 Å². The van der Waals surface area contributed by atoms with Crippen LogP contribution < -0.4 is 0 Å². The van der Waals surface area contributed by atoms with Crippen LogP contribution in [0.1, 0.15) is 31.9 Å². The van der Waals surface area contributed by atoms with Gasteiger partial charge in [-0.25, -0.2) is 0 Å². The van der Waals surface area contributed by atoms with Crippen molar-refractivity contribution in [3.8, 4) is 0 Å². The summed E-state index contributed by atoms with van der Waals surface area (Å²) in [7, 11) is 0. The Morgan fingerprint density at radius 1 is 0.905 bits per heavy atom. The van der Waals surface area contributed by atoms with Gasteiger partial charge in [0.2, 0.25) is 17.7 Å². The molecule has 3 amide bonds. The molecular weight excluding hydrogens is 546 g/mol. The summed E-state index contributed by atoms with van der Waals surface area (Å²) in [5.74, 6) is -1.72. The topological polar surface area (TPSA) is 81.2 Å². The molecule has 4 aliphatic heterocycles. The van der Waals surface area contributed by atoms with Crippen molar-refractivity contribution in [2.24, 2.45) is 11.8 Å². The van der Waals surface area contributed by atoms with Crippen LogP contribution >= 0.6 is 11.8 Å². The molecule has 0 saturated carbocycles. The Kier molecular flexibility index (Phi) is 7.56. The maximum absolute atomic E-state index is 14.7. The molecule has 1 spiro atoms. The fourth-order valence-electron chi connectivity index (χ4n) is 7.21. The lowest BCUT2D eigenvalue weighted by Gasteiger charge is -2.42. The molecule has 7 nitrogen and oxygen atoms in total. The van der Waals surface area contributed by atoms with E-state index in [9.17, 15) is 19.5 Å². The van der Waals surface area contributed by atoms with Crippen LogP contribution in [0.25, 0.3) is 0 Å². The van der Waals surface area contributed by atoms with E-state index < -0.39 is 34.2 Å². The number of hydrogen-bond donors (Lipinski definition) is 1. The second-order valence-electron chi connectivity index (χ2n) is 12.8. The smallest absolute Gasteiger partial charge is 0.247 e. The first-order valence-corrected chi connectivity index (χ1v) is 15.7. The third kappa shape index (κ3) is 4.78. The molecule has 0 aromatic heterocycles. The first-order chi connectivity index (χ1) is 20.2. The SMILES string of the molecule is CC(C)(C)N1CC=C[C@]23S[C@H]4C=CCN(Cc5ccccc5)C(=O)[C@H]4[C@H]2C(=O)N([C@@H](CO)Cc2ccccc2)C3C1=O. The summed E-state index contributed by atoms with van der Waals surface area (Å²) in [6, 6.07) is 18.2. The molecule has 8 heteroatoms. The summed E-state index contributed by atoms with van der Waals surface area (Å²) >= 11 is 1.58. The number of aliphatic hydroxyl groups excluding tert-OH is 1. The van der Waals surface area contributed by atoms with E-state index in [1.54, 1.807) is 16.7 Å². The molecule has 2 saturated heterocycles. The van der Waals surface area contributed by atoms with Crippen molar-refractivity contribution >= 4 is 29.5 Å². The second-order valence-corrected chi connectivity index (χ2v) is 14.3. The second kappa shape index (κ2) is 11.0. The molecule has 2 aromatic rings. The number of carbonyl (C=O) groups excluding carboxylic acids is 3. The highest BCUT2D eigenvalue weighted by molar-refractivity contribution is 8.02. The molecule has 1 N–H and O–H groups in total. The maximum atomic E-state index is 14.7. The number of thioether (sulfide) groups is 1. The lowest BCUT2D eigenvalue weighted by Crippen LogP contribution is -2.59. The number of rotatable bonds is 6. The molecule has 220 valence electrons. The summed E-state index contributed by atoms with van der Waals surface area (Å²) in [5, 5.41) is 10.5. The predicted octanol–water partition coefficient (Wildman–Crippen LogP) is 3.68. The van der Waals surface area contributed by atoms with Gasteiger partial charge < -0.3 is 19.8 Å². The van der Waals surface area contributed by atoms with Crippen LogP contribution in [0.2, 0.25) is 0 Å². The minimum absolute atomic E-state index is 0.0569. The molecule has 2 fully saturated rings. The van der Waals surface area contributed by atoms with Gasteiger partial charge in [-0.2, -0.15) is 0 Å². The van der Waals surface area contributed by atoms with E-state index in [2.05, 4.69) is 6.08 Å². The van der Waals surface area contributed by atoms with Crippen LogP contribution in [0.5, 0.6) is 0 Å². The van der Waals surface area contributed by atoms with Gasteiger partial charge >= 0.3 is 0 Å². The fraction of sp³-hybridized carbons (Fsp3) is 0.441. The highest BCUT2D eigenvalue weighted by Crippen LogP contribution is 2.61. The predicted molar refractivity (Wildman–Crippen MR) is 164 cm³/mol. The average Bonchev–Trinajstić information content (AvgIpc) is 3.29. The summed E-state index contributed by atoms with van der Waals surface area (Å²) in [6.07, 6.45) is 8.57. The number of fused-ring (bicyclic) bond motifs is 2. The zero-order chi connectivity index (χ0) is 29.6. The Hall–Kier alpha value is -3.36. The van der Waals surface area contributed by atoms with Gasteiger partial charge in [-0.15, -0.1) is 11.8 Å². The Morgan fingerprint density at radius 3 is 2.21 bits per heavy atom. The number of carbonyl (C=O) groups is 3. The fourth-order valence-corrected chi connectivity index (χ4v) is 9.20. The zero-order valence-electron chi connectivity index (χ0n) is 24.4. The lowest BCUT2D eigenvalue weighted by atomic mass is 9.78. The number of benzene rings is 2. The van der Waals surface area contributed by atoms with E-state index in [1.807, 2.05) is 109 Å². The van der Waals surface area contributed by atoms with E-state index in [1.165, 1.54) is 0 Å². The molecule has 0 radical (unpaired) electrons. The first kappa shape index (κ1) is 28.7. The van der Waals surface area contributed by atoms with Gasteiger partial charge in [0.05, 0.1) is 29.2 Å². The van der Waals surface area contributed by atoms with E-state index >= 15 is 0 Å². The van der Waals surface area contributed by atoms with E-state index in [0.717, 1.165) is 11.1 Å². The molecule has 42 heavy (non-hydrogen) atoms. The minimum atomic E-state index is -0.913. The Morgan fingerprint density at radius 2 is 1.57 bits per heavy atom. The third-order valence-electron chi connectivity index (χ3n) is 9.12. The average molecular weight is 586 g/mol. The van der Waals surface area contributed by atoms with Gasteiger partial charge in [-0.3, -0.25) is 14.4 Å². The van der Waals surface area contributed by atoms with Gasteiger partial charge in [0.25, 0.3) is 0 Å². The normalized spacial score (nSPS) is 29.7. The van der Waals surface area contributed by atoms with Crippen molar-refractivity contribution in [2.75, 3.05) is 19.7 Å². The summed E-state index contributed by atoms with van der Waals surface area (Å²) in [4.78, 5) is 49.0. The molecule has 6 rings (SSSR count). The van der Waals surface area contributed by atoms with Crippen molar-refractivity contribution in [3.05, 3.63) is 96.1 Å². The van der Waals surface area contributed by atoms with Crippen molar-refractivity contribution in [1.29, 1.82) is 0 Å². The Balaban J connectivity index is 1.43. The number of likely N-dealkylation sites (tertiary alicyclic amines) is 1. The van der Waals surface area contributed by atoms with Crippen molar-refractivity contribution in [1.82, 2.24) is 14.7 Å². The first-order valence-electron chi connectivity index (χ1n) is 14.8. The van der Waals surface area contributed by atoms with E-state index in [4.69, 9.17) is 0 Å². The molecule has 4 heterocycles. The van der Waals surface area contributed by atoms with Crippen molar-refractivity contribution < 1.29 is 19.5 Å². The van der Waals surface area contributed by atoms with Crippen LogP contribution in [-0.4, -0.2) is 84.8 Å². The third-order valence-corrected chi connectivity index (χ3v) is 10.9. The van der Waals surface area contributed by atoms with Gasteiger partial charge in [0, 0.05) is 30.4 Å².